The lowest BCUT2D eigenvalue weighted by atomic mass is 10.2. The van der Waals surface area contributed by atoms with E-state index < -0.39 is 0 Å². The maximum absolute atomic E-state index is 12.4. The van der Waals surface area contributed by atoms with Gasteiger partial charge < -0.3 is 4.90 Å². The lowest BCUT2D eigenvalue weighted by Gasteiger charge is -2.34. The molecule has 8 heteroatoms. The number of amides is 1. The molecule has 1 aromatic carbocycles. The van der Waals surface area contributed by atoms with Crippen molar-refractivity contribution in [3.63, 3.8) is 0 Å². The van der Waals surface area contributed by atoms with Gasteiger partial charge in [-0.3, -0.25) is 9.69 Å². The Morgan fingerprint density at radius 1 is 1.14 bits per heavy atom. The van der Waals surface area contributed by atoms with E-state index in [-0.39, 0.29) is 5.91 Å². The van der Waals surface area contributed by atoms with E-state index in [4.69, 9.17) is 23.2 Å². The van der Waals surface area contributed by atoms with Gasteiger partial charge in [-0.1, -0.05) is 27.7 Å². The van der Waals surface area contributed by atoms with Gasteiger partial charge in [0.1, 0.15) is 10.0 Å². The van der Waals surface area contributed by atoms with Gasteiger partial charge in [0.25, 0.3) is 5.91 Å². The van der Waals surface area contributed by atoms with Crippen LogP contribution in [0.15, 0.2) is 24.3 Å². The first kappa shape index (κ1) is 15.7. The molecular formula is C14H14Cl2N4OS. The normalized spacial score (nSPS) is 16.0. The number of nitrogens with zero attached hydrogens (tertiary/aromatic N) is 4. The van der Waals surface area contributed by atoms with Crippen LogP contribution < -0.4 is 0 Å². The van der Waals surface area contributed by atoms with E-state index in [1.807, 2.05) is 4.90 Å². The van der Waals surface area contributed by atoms with E-state index in [1.54, 1.807) is 24.3 Å². The minimum atomic E-state index is 0.0460. The molecule has 5 nitrogen and oxygen atoms in total. The molecule has 1 fully saturated rings. The maximum Gasteiger partial charge on any atom is 0.253 e. The molecule has 1 aromatic heterocycles. The molecule has 22 heavy (non-hydrogen) atoms. The highest BCUT2D eigenvalue weighted by Crippen LogP contribution is 2.20. The Bertz CT molecular complexity index is 653. The number of piperazine rings is 1. The fraction of sp³-hybridized carbons (Fsp3) is 0.357. The van der Waals surface area contributed by atoms with Gasteiger partial charge in [-0.2, -0.15) is 0 Å². The van der Waals surface area contributed by atoms with E-state index in [1.165, 1.54) is 11.5 Å². The predicted molar refractivity (Wildman–Crippen MR) is 87.6 cm³/mol. The van der Waals surface area contributed by atoms with Crippen molar-refractivity contribution >= 4 is 40.6 Å². The number of hydrogen-bond acceptors (Lipinski definition) is 5. The van der Waals surface area contributed by atoms with Crippen molar-refractivity contribution in [2.24, 2.45) is 0 Å². The molecule has 0 atom stereocenters. The molecule has 116 valence electrons. The van der Waals surface area contributed by atoms with Gasteiger partial charge in [0.05, 0.1) is 0 Å². The van der Waals surface area contributed by atoms with Gasteiger partial charge in [0, 0.05) is 54.8 Å². The fourth-order valence-electron chi connectivity index (χ4n) is 2.39. The van der Waals surface area contributed by atoms with Gasteiger partial charge in [-0.25, -0.2) is 0 Å². The number of rotatable bonds is 3. The van der Waals surface area contributed by atoms with Gasteiger partial charge >= 0.3 is 0 Å². The molecule has 1 aliphatic heterocycles. The van der Waals surface area contributed by atoms with Gasteiger partial charge in [-0.15, -0.1) is 5.10 Å². The van der Waals surface area contributed by atoms with Crippen molar-refractivity contribution in [1.29, 1.82) is 0 Å². The summed E-state index contributed by atoms with van der Waals surface area (Å²) in [5.74, 6) is 0.0460. The molecule has 1 amide bonds. The largest absolute Gasteiger partial charge is 0.336 e. The molecule has 0 bridgehead atoms. The molecule has 0 unspecified atom stereocenters. The summed E-state index contributed by atoms with van der Waals surface area (Å²) in [5, 5.41) is 4.66. The van der Waals surface area contributed by atoms with Crippen molar-refractivity contribution in [3.8, 4) is 0 Å². The van der Waals surface area contributed by atoms with Crippen molar-refractivity contribution in [1.82, 2.24) is 19.4 Å². The third-order valence-electron chi connectivity index (χ3n) is 3.63. The summed E-state index contributed by atoms with van der Waals surface area (Å²) in [7, 11) is 0. The molecule has 0 spiro atoms. The first-order chi connectivity index (χ1) is 10.6. The SMILES string of the molecule is O=C(c1ccc(Cl)cc1)N1CCN(Cc2nnsc2Cl)CC1. The predicted octanol–water partition coefficient (Wildman–Crippen LogP) is 2.80. The average Bonchev–Trinajstić information content (AvgIpc) is 2.93. The summed E-state index contributed by atoms with van der Waals surface area (Å²) in [6, 6.07) is 7.00. The second-order valence-electron chi connectivity index (χ2n) is 5.07. The Kier molecular flexibility index (Phi) is 4.93. The van der Waals surface area contributed by atoms with Crippen LogP contribution in [0.5, 0.6) is 0 Å². The van der Waals surface area contributed by atoms with Crippen LogP contribution in [0, 0.1) is 0 Å². The Hall–Kier alpha value is -1.21. The number of carbonyl (C=O) groups is 1. The van der Waals surface area contributed by atoms with Crippen molar-refractivity contribution in [3.05, 3.63) is 44.9 Å². The van der Waals surface area contributed by atoms with E-state index >= 15 is 0 Å². The quantitative estimate of drug-likeness (QED) is 0.848. The Morgan fingerprint density at radius 2 is 1.82 bits per heavy atom. The lowest BCUT2D eigenvalue weighted by Crippen LogP contribution is -2.48. The van der Waals surface area contributed by atoms with Crippen molar-refractivity contribution < 1.29 is 4.79 Å². The van der Waals surface area contributed by atoms with Crippen LogP contribution in [0.4, 0.5) is 0 Å². The summed E-state index contributed by atoms with van der Waals surface area (Å²) in [6.07, 6.45) is 0. The summed E-state index contributed by atoms with van der Waals surface area (Å²) >= 11 is 13.1. The fourth-order valence-corrected chi connectivity index (χ4v) is 3.13. The van der Waals surface area contributed by atoms with Gasteiger partial charge in [-0.05, 0) is 24.3 Å². The van der Waals surface area contributed by atoms with E-state index in [0.29, 0.717) is 34.6 Å². The molecule has 2 aromatic rings. The smallest absolute Gasteiger partial charge is 0.253 e. The minimum Gasteiger partial charge on any atom is -0.336 e. The highest BCUT2D eigenvalue weighted by Gasteiger charge is 2.23. The molecule has 1 aliphatic rings. The zero-order valence-electron chi connectivity index (χ0n) is 11.7. The standard InChI is InChI=1S/C14H14Cl2N4OS/c15-11-3-1-10(2-4-11)14(21)20-7-5-19(6-8-20)9-12-13(16)22-18-17-12/h1-4H,5-9H2. The number of carbonyl (C=O) groups excluding carboxylic acids is 1. The number of aromatic nitrogens is 2. The molecule has 0 saturated carbocycles. The second-order valence-corrected chi connectivity index (χ2v) is 6.86. The van der Waals surface area contributed by atoms with Gasteiger partial charge in [0.2, 0.25) is 0 Å². The number of benzene rings is 1. The summed E-state index contributed by atoms with van der Waals surface area (Å²) < 4.78 is 4.47. The molecule has 0 radical (unpaired) electrons. The Labute approximate surface area is 142 Å². The van der Waals surface area contributed by atoms with E-state index in [2.05, 4.69) is 14.5 Å². The number of hydrogen-bond donors (Lipinski definition) is 0. The first-order valence-electron chi connectivity index (χ1n) is 6.87. The van der Waals surface area contributed by atoms with E-state index in [0.717, 1.165) is 18.8 Å². The second kappa shape index (κ2) is 6.91. The van der Waals surface area contributed by atoms with Gasteiger partial charge in [0.15, 0.2) is 0 Å². The Morgan fingerprint density at radius 3 is 2.41 bits per heavy atom. The summed E-state index contributed by atoms with van der Waals surface area (Å²) in [6.45, 7) is 3.66. The zero-order valence-corrected chi connectivity index (χ0v) is 14.0. The monoisotopic (exact) mass is 356 g/mol. The molecule has 0 N–H and O–H groups in total. The van der Waals surface area contributed by atoms with Crippen LogP contribution in [0.2, 0.25) is 9.36 Å². The average molecular weight is 357 g/mol. The molecule has 0 aliphatic carbocycles. The van der Waals surface area contributed by atoms with Crippen molar-refractivity contribution in [2.45, 2.75) is 6.54 Å². The van der Waals surface area contributed by atoms with Crippen LogP contribution in [0.3, 0.4) is 0 Å². The maximum atomic E-state index is 12.4. The van der Waals surface area contributed by atoms with Crippen molar-refractivity contribution in [2.75, 3.05) is 26.2 Å². The van der Waals surface area contributed by atoms with E-state index in [9.17, 15) is 4.79 Å². The van der Waals surface area contributed by atoms with Crippen LogP contribution >= 0.6 is 34.7 Å². The third kappa shape index (κ3) is 3.57. The Balaban J connectivity index is 1.56. The highest BCUT2D eigenvalue weighted by molar-refractivity contribution is 7.10. The number of halogens is 2. The first-order valence-corrected chi connectivity index (χ1v) is 8.40. The van der Waals surface area contributed by atoms with Crippen LogP contribution in [-0.4, -0.2) is 51.5 Å². The van der Waals surface area contributed by atoms with Crippen LogP contribution in [-0.2, 0) is 6.54 Å². The molecule has 3 rings (SSSR count). The zero-order chi connectivity index (χ0) is 15.5. The molecule has 2 heterocycles. The lowest BCUT2D eigenvalue weighted by molar-refractivity contribution is 0.0627. The minimum absolute atomic E-state index is 0.0460. The highest BCUT2D eigenvalue weighted by atomic mass is 35.5. The van der Waals surface area contributed by atoms with Crippen LogP contribution in [0.25, 0.3) is 0 Å². The molecular weight excluding hydrogens is 343 g/mol. The summed E-state index contributed by atoms with van der Waals surface area (Å²) in [5.41, 5.74) is 1.48. The van der Waals surface area contributed by atoms with Crippen LogP contribution in [0.1, 0.15) is 16.1 Å². The third-order valence-corrected chi connectivity index (χ3v) is 4.87. The topological polar surface area (TPSA) is 49.3 Å². The summed E-state index contributed by atoms with van der Waals surface area (Å²) in [4.78, 5) is 16.5. The molecule has 1 saturated heterocycles.